The second-order valence-electron chi connectivity index (χ2n) is 5.85. The SMILES string of the molecule is CCNC(=NCCc1ccc(Cl)nc1)Nc1cccc(OCCCOC)c1. The fourth-order valence-electron chi connectivity index (χ4n) is 2.35. The molecule has 0 saturated carbocycles. The van der Waals surface area contributed by atoms with Gasteiger partial charge >= 0.3 is 0 Å². The smallest absolute Gasteiger partial charge is 0.195 e. The van der Waals surface area contributed by atoms with Gasteiger partial charge in [-0.3, -0.25) is 4.99 Å². The number of aromatic nitrogens is 1. The number of hydrogen-bond acceptors (Lipinski definition) is 4. The normalized spacial score (nSPS) is 11.3. The van der Waals surface area contributed by atoms with E-state index < -0.39 is 0 Å². The lowest BCUT2D eigenvalue weighted by atomic mass is 10.2. The molecule has 0 radical (unpaired) electrons. The van der Waals surface area contributed by atoms with Gasteiger partial charge in [0.2, 0.25) is 0 Å². The van der Waals surface area contributed by atoms with Gasteiger partial charge in [-0.15, -0.1) is 0 Å². The molecule has 0 amide bonds. The van der Waals surface area contributed by atoms with Crippen molar-refractivity contribution in [3.63, 3.8) is 0 Å². The van der Waals surface area contributed by atoms with E-state index in [9.17, 15) is 0 Å². The molecule has 146 valence electrons. The number of aliphatic imine (C=N–C) groups is 1. The molecule has 0 spiro atoms. The summed E-state index contributed by atoms with van der Waals surface area (Å²) in [6.45, 7) is 4.78. The Balaban J connectivity index is 1.91. The molecule has 27 heavy (non-hydrogen) atoms. The second-order valence-corrected chi connectivity index (χ2v) is 6.23. The highest BCUT2D eigenvalue weighted by atomic mass is 35.5. The summed E-state index contributed by atoms with van der Waals surface area (Å²) in [6.07, 6.45) is 3.43. The molecule has 0 saturated heterocycles. The van der Waals surface area contributed by atoms with Gasteiger partial charge in [-0.1, -0.05) is 23.7 Å². The van der Waals surface area contributed by atoms with E-state index in [1.54, 1.807) is 19.4 Å². The van der Waals surface area contributed by atoms with E-state index >= 15 is 0 Å². The largest absolute Gasteiger partial charge is 0.493 e. The Morgan fingerprint density at radius 1 is 1.22 bits per heavy atom. The second kappa shape index (κ2) is 12.1. The maximum atomic E-state index is 5.81. The van der Waals surface area contributed by atoms with Crippen molar-refractivity contribution in [2.75, 3.05) is 38.7 Å². The van der Waals surface area contributed by atoms with E-state index in [4.69, 9.17) is 21.1 Å². The quantitative estimate of drug-likeness (QED) is 0.280. The molecule has 1 aromatic heterocycles. The fraction of sp³-hybridized carbons (Fsp3) is 0.400. The number of methoxy groups -OCH3 is 1. The molecule has 0 aliphatic carbocycles. The Morgan fingerprint density at radius 2 is 2.11 bits per heavy atom. The first-order valence-corrected chi connectivity index (χ1v) is 9.46. The molecular weight excluding hydrogens is 364 g/mol. The van der Waals surface area contributed by atoms with E-state index in [-0.39, 0.29) is 0 Å². The van der Waals surface area contributed by atoms with Gasteiger partial charge < -0.3 is 20.1 Å². The van der Waals surface area contributed by atoms with Gasteiger partial charge in [0.25, 0.3) is 0 Å². The van der Waals surface area contributed by atoms with Crippen molar-refractivity contribution >= 4 is 23.2 Å². The zero-order valence-corrected chi connectivity index (χ0v) is 16.6. The summed E-state index contributed by atoms with van der Waals surface area (Å²) in [7, 11) is 1.69. The maximum absolute atomic E-state index is 5.81. The lowest BCUT2D eigenvalue weighted by Gasteiger charge is -2.13. The summed E-state index contributed by atoms with van der Waals surface area (Å²) < 4.78 is 10.8. The average molecular weight is 391 g/mol. The fourth-order valence-corrected chi connectivity index (χ4v) is 2.46. The number of nitrogens with one attached hydrogen (secondary N) is 2. The van der Waals surface area contributed by atoms with Crippen LogP contribution >= 0.6 is 11.6 Å². The monoisotopic (exact) mass is 390 g/mol. The van der Waals surface area contributed by atoms with Crippen LogP contribution in [0.15, 0.2) is 47.6 Å². The molecule has 2 rings (SSSR count). The first-order chi connectivity index (χ1) is 13.2. The van der Waals surface area contributed by atoms with Gasteiger partial charge in [0.05, 0.1) is 6.61 Å². The standard InChI is InChI=1S/C20H27ClN4O2/c1-3-22-20(23-11-10-16-8-9-19(21)24-15-16)25-17-6-4-7-18(14-17)27-13-5-12-26-2/h4,6-9,14-15H,3,5,10-13H2,1-2H3,(H2,22,23,25). The first kappa shape index (κ1) is 21.0. The summed E-state index contributed by atoms with van der Waals surface area (Å²) in [5.74, 6) is 1.55. The molecule has 0 unspecified atom stereocenters. The van der Waals surface area contributed by atoms with Crippen LogP contribution in [-0.4, -0.2) is 44.4 Å². The number of hydrogen-bond donors (Lipinski definition) is 2. The van der Waals surface area contributed by atoms with E-state index in [2.05, 4.69) is 20.6 Å². The number of guanidine groups is 1. The zero-order valence-electron chi connectivity index (χ0n) is 15.9. The van der Waals surface area contributed by atoms with E-state index in [1.165, 1.54) is 0 Å². The number of halogens is 1. The van der Waals surface area contributed by atoms with Crippen molar-refractivity contribution in [2.45, 2.75) is 19.8 Å². The topological polar surface area (TPSA) is 67.8 Å². The molecule has 0 atom stereocenters. The third-order valence-corrected chi connectivity index (χ3v) is 3.89. The number of ether oxygens (including phenoxy) is 2. The van der Waals surface area contributed by atoms with Crippen LogP contribution in [0.2, 0.25) is 5.15 Å². The van der Waals surface area contributed by atoms with Gasteiger partial charge in [-0.25, -0.2) is 4.98 Å². The highest BCUT2D eigenvalue weighted by molar-refractivity contribution is 6.29. The number of nitrogens with zero attached hydrogens (tertiary/aromatic N) is 2. The summed E-state index contributed by atoms with van der Waals surface area (Å²) in [5.41, 5.74) is 2.03. The number of benzene rings is 1. The molecule has 0 bridgehead atoms. The summed E-state index contributed by atoms with van der Waals surface area (Å²) in [5, 5.41) is 7.07. The van der Waals surface area contributed by atoms with Crippen LogP contribution in [0.4, 0.5) is 5.69 Å². The Morgan fingerprint density at radius 3 is 2.85 bits per heavy atom. The molecule has 2 aromatic rings. The van der Waals surface area contributed by atoms with Crippen LogP contribution < -0.4 is 15.4 Å². The van der Waals surface area contributed by atoms with Crippen molar-refractivity contribution in [1.29, 1.82) is 0 Å². The van der Waals surface area contributed by atoms with Crippen molar-refractivity contribution in [3.8, 4) is 5.75 Å². The number of anilines is 1. The molecule has 0 aliphatic rings. The predicted molar refractivity (Wildman–Crippen MR) is 111 cm³/mol. The first-order valence-electron chi connectivity index (χ1n) is 9.09. The Hall–Kier alpha value is -2.31. The minimum absolute atomic E-state index is 0.501. The molecule has 7 heteroatoms. The molecule has 6 nitrogen and oxygen atoms in total. The highest BCUT2D eigenvalue weighted by Crippen LogP contribution is 2.17. The van der Waals surface area contributed by atoms with Gasteiger partial charge in [0.15, 0.2) is 5.96 Å². The van der Waals surface area contributed by atoms with Crippen LogP contribution in [-0.2, 0) is 11.2 Å². The minimum Gasteiger partial charge on any atom is -0.493 e. The van der Waals surface area contributed by atoms with Crippen LogP contribution in [0, 0.1) is 0 Å². The maximum Gasteiger partial charge on any atom is 0.195 e. The molecular formula is C20H27ClN4O2. The third-order valence-electron chi connectivity index (χ3n) is 3.66. The van der Waals surface area contributed by atoms with Crippen molar-refractivity contribution in [2.24, 2.45) is 4.99 Å². The Kier molecular flexibility index (Phi) is 9.44. The number of pyridine rings is 1. The Labute approximate surface area is 166 Å². The van der Waals surface area contributed by atoms with Gasteiger partial charge in [-0.05, 0) is 37.1 Å². The third kappa shape index (κ3) is 8.28. The van der Waals surface area contributed by atoms with Gasteiger partial charge in [0.1, 0.15) is 10.9 Å². The molecule has 0 aliphatic heterocycles. The molecule has 2 N–H and O–H groups in total. The van der Waals surface area contributed by atoms with Crippen molar-refractivity contribution in [3.05, 3.63) is 53.3 Å². The molecule has 0 fully saturated rings. The van der Waals surface area contributed by atoms with Crippen molar-refractivity contribution < 1.29 is 9.47 Å². The summed E-state index contributed by atoms with van der Waals surface area (Å²) in [6, 6.07) is 11.6. The van der Waals surface area contributed by atoms with Gasteiger partial charge in [0, 0.05) is 51.2 Å². The number of rotatable bonds is 10. The van der Waals surface area contributed by atoms with Crippen LogP contribution in [0.25, 0.3) is 0 Å². The lowest BCUT2D eigenvalue weighted by Crippen LogP contribution is -2.30. The highest BCUT2D eigenvalue weighted by Gasteiger charge is 2.02. The van der Waals surface area contributed by atoms with Crippen LogP contribution in [0.1, 0.15) is 18.9 Å². The zero-order chi connectivity index (χ0) is 19.3. The summed E-state index contributed by atoms with van der Waals surface area (Å²) in [4.78, 5) is 8.71. The van der Waals surface area contributed by atoms with Crippen molar-refractivity contribution in [1.82, 2.24) is 10.3 Å². The predicted octanol–water partition coefficient (Wildman–Crippen LogP) is 3.77. The van der Waals surface area contributed by atoms with E-state index in [1.807, 2.05) is 37.3 Å². The van der Waals surface area contributed by atoms with Gasteiger partial charge in [-0.2, -0.15) is 0 Å². The van der Waals surface area contributed by atoms with E-state index in [0.717, 1.165) is 42.3 Å². The minimum atomic E-state index is 0.501. The summed E-state index contributed by atoms with van der Waals surface area (Å²) >= 11 is 5.81. The Bertz CT molecular complexity index is 707. The average Bonchev–Trinajstić information content (AvgIpc) is 2.67. The molecule has 1 aromatic carbocycles. The lowest BCUT2D eigenvalue weighted by molar-refractivity contribution is 0.172. The van der Waals surface area contributed by atoms with Crippen LogP contribution in [0.3, 0.4) is 0 Å². The van der Waals surface area contributed by atoms with Crippen LogP contribution in [0.5, 0.6) is 5.75 Å². The molecule has 1 heterocycles. The van der Waals surface area contributed by atoms with E-state index in [0.29, 0.717) is 24.9 Å².